The summed E-state index contributed by atoms with van der Waals surface area (Å²) in [4.78, 5) is 0. The molecule has 0 radical (unpaired) electrons. The van der Waals surface area contributed by atoms with Gasteiger partial charge in [0.1, 0.15) is 0 Å². The number of ether oxygens (including phenoxy) is 1. The lowest BCUT2D eigenvalue weighted by atomic mass is 9.69. The van der Waals surface area contributed by atoms with Gasteiger partial charge in [-0.1, -0.05) is 40.5 Å². The van der Waals surface area contributed by atoms with E-state index in [4.69, 9.17) is 4.74 Å². The van der Waals surface area contributed by atoms with Gasteiger partial charge in [0.05, 0.1) is 0 Å². The molecular weight excluding hydrogens is 222 g/mol. The summed E-state index contributed by atoms with van der Waals surface area (Å²) in [5.74, 6) is 0.836. The Balaban J connectivity index is 2.21. The van der Waals surface area contributed by atoms with E-state index in [9.17, 15) is 0 Å². The lowest BCUT2D eigenvalue weighted by Crippen LogP contribution is -2.44. The molecule has 2 atom stereocenters. The highest BCUT2D eigenvalue weighted by atomic mass is 16.5. The van der Waals surface area contributed by atoms with E-state index < -0.39 is 0 Å². The van der Waals surface area contributed by atoms with Gasteiger partial charge in [0, 0.05) is 19.3 Å². The fourth-order valence-electron chi connectivity index (χ4n) is 3.12. The van der Waals surface area contributed by atoms with Crippen molar-refractivity contribution in [2.75, 3.05) is 19.8 Å². The SMILES string of the molecule is CCCOCCCNC1CCCCC1C(C)(C)C. The van der Waals surface area contributed by atoms with E-state index in [2.05, 4.69) is 33.0 Å². The first-order valence-electron chi connectivity index (χ1n) is 7.87. The van der Waals surface area contributed by atoms with E-state index in [1.807, 2.05) is 0 Å². The first-order valence-corrected chi connectivity index (χ1v) is 7.87. The van der Waals surface area contributed by atoms with Crippen LogP contribution in [0.15, 0.2) is 0 Å². The predicted molar refractivity (Wildman–Crippen MR) is 78.9 cm³/mol. The number of hydrogen-bond acceptors (Lipinski definition) is 2. The summed E-state index contributed by atoms with van der Waals surface area (Å²) < 4.78 is 5.53. The van der Waals surface area contributed by atoms with E-state index in [0.29, 0.717) is 5.41 Å². The van der Waals surface area contributed by atoms with E-state index in [-0.39, 0.29) is 0 Å². The highest BCUT2D eigenvalue weighted by Crippen LogP contribution is 2.37. The lowest BCUT2D eigenvalue weighted by Gasteiger charge is -2.41. The monoisotopic (exact) mass is 255 g/mol. The van der Waals surface area contributed by atoms with E-state index >= 15 is 0 Å². The van der Waals surface area contributed by atoms with Crippen LogP contribution in [0.4, 0.5) is 0 Å². The fourth-order valence-corrected chi connectivity index (χ4v) is 3.12. The van der Waals surface area contributed by atoms with Crippen molar-refractivity contribution in [2.45, 2.75) is 72.3 Å². The van der Waals surface area contributed by atoms with Crippen LogP contribution >= 0.6 is 0 Å². The molecule has 0 aromatic heterocycles. The molecule has 108 valence electrons. The van der Waals surface area contributed by atoms with Gasteiger partial charge in [-0.2, -0.15) is 0 Å². The smallest absolute Gasteiger partial charge is 0.0478 e. The van der Waals surface area contributed by atoms with Crippen LogP contribution in [0.2, 0.25) is 0 Å². The average molecular weight is 255 g/mol. The Labute approximate surface area is 114 Å². The Morgan fingerprint density at radius 3 is 2.50 bits per heavy atom. The number of nitrogens with one attached hydrogen (secondary N) is 1. The van der Waals surface area contributed by atoms with Gasteiger partial charge in [-0.3, -0.25) is 0 Å². The standard InChI is InChI=1S/C16H33NO/c1-5-12-18-13-8-11-17-15-10-7-6-9-14(15)16(2,3)4/h14-15,17H,5-13H2,1-4H3. The van der Waals surface area contributed by atoms with Gasteiger partial charge < -0.3 is 10.1 Å². The van der Waals surface area contributed by atoms with Gasteiger partial charge in [0.15, 0.2) is 0 Å². The van der Waals surface area contributed by atoms with Crippen LogP contribution in [0.3, 0.4) is 0 Å². The Morgan fingerprint density at radius 2 is 1.83 bits per heavy atom. The molecule has 0 amide bonds. The summed E-state index contributed by atoms with van der Waals surface area (Å²) in [6, 6.07) is 0.727. The van der Waals surface area contributed by atoms with Crippen LogP contribution in [-0.2, 0) is 4.74 Å². The van der Waals surface area contributed by atoms with Crippen molar-refractivity contribution in [3.63, 3.8) is 0 Å². The zero-order chi connectivity index (χ0) is 13.4. The second-order valence-corrected chi connectivity index (χ2v) is 6.78. The van der Waals surface area contributed by atoms with Crippen molar-refractivity contribution in [3.05, 3.63) is 0 Å². The van der Waals surface area contributed by atoms with Crippen molar-refractivity contribution >= 4 is 0 Å². The molecule has 1 rings (SSSR count). The van der Waals surface area contributed by atoms with Gasteiger partial charge in [-0.05, 0) is 43.6 Å². The van der Waals surface area contributed by atoms with Gasteiger partial charge >= 0.3 is 0 Å². The Bertz CT molecular complexity index is 210. The topological polar surface area (TPSA) is 21.3 Å². The molecule has 2 nitrogen and oxygen atoms in total. The molecule has 0 spiro atoms. The Hall–Kier alpha value is -0.0800. The molecule has 18 heavy (non-hydrogen) atoms. The Morgan fingerprint density at radius 1 is 1.11 bits per heavy atom. The van der Waals surface area contributed by atoms with Crippen LogP contribution < -0.4 is 5.32 Å². The quantitative estimate of drug-likeness (QED) is 0.694. The molecule has 0 bridgehead atoms. The maximum absolute atomic E-state index is 5.53. The minimum atomic E-state index is 0.441. The summed E-state index contributed by atoms with van der Waals surface area (Å²) in [6.45, 7) is 12.3. The minimum Gasteiger partial charge on any atom is -0.381 e. The first-order chi connectivity index (χ1) is 8.55. The molecule has 2 heteroatoms. The summed E-state index contributed by atoms with van der Waals surface area (Å²) in [5, 5.41) is 3.78. The average Bonchev–Trinajstić information content (AvgIpc) is 2.33. The maximum Gasteiger partial charge on any atom is 0.0478 e. The lowest BCUT2D eigenvalue weighted by molar-refractivity contribution is 0.116. The van der Waals surface area contributed by atoms with Crippen LogP contribution in [-0.4, -0.2) is 25.8 Å². The Kier molecular flexibility index (Phi) is 7.25. The molecule has 1 fully saturated rings. The molecule has 1 aliphatic carbocycles. The summed E-state index contributed by atoms with van der Waals surface area (Å²) in [6.07, 6.45) is 7.84. The van der Waals surface area contributed by atoms with Crippen LogP contribution in [0, 0.1) is 11.3 Å². The first kappa shape index (κ1) is 16.0. The second kappa shape index (κ2) is 8.16. The van der Waals surface area contributed by atoms with Gasteiger partial charge in [-0.15, -0.1) is 0 Å². The highest BCUT2D eigenvalue weighted by molar-refractivity contribution is 4.88. The molecule has 2 unspecified atom stereocenters. The summed E-state index contributed by atoms with van der Waals surface area (Å²) in [7, 11) is 0. The van der Waals surface area contributed by atoms with Crippen LogP contribution in [0.25, 0.3) is 0 Å². The van der Waals surface area contributed by atoms with Crippen molar-refractivity contribution in [3.8, 4) is 0 Å². The van der Waals surface area contributed by atoms with Crippen molar-refractivity contribution in [1.82, 2.24) is 5.32 Å². The summed E-state index contributed by atoms with van der Waals surface area (Å²) in [5.41, 5.74) is 0.441. The predicted octanol–water partition coefficient (Wildman–Crippen LogP) is 4.00. The third kappa shape index (κ3) is 5.71. The molecule has 0 aromatic carbocycles. The zero-order valence-electron chi connectivity index (χ0n) is 12.9. The number of rotatable bonds is 7. The second-order valence-electron chi connectivity index (χ2n) is 6.78. The van der Waals surface area contributed by atoms with E-state index in [1.54, 1.807) is 0 Å². The zero-order valence-corrected chi connectivity index (χ0v) is 12.9. The highest BCUT2D eigenvalue weighted by Gasteiger charge is 2.33. The normalized spacial score (nSPS) is 25.3. The molecule has 0 aliphatic heterocycles. The van der Waals surface area contributed by atoms with Crippen LogP contribution in [0.1, 0.15) is 66.2 Å². The fraction of sp³-hybridized carbons (Fsp3) is 1.00. The maximum atomic E-state index is 5.53. The van der Waals surface area contributed by atoms with Gasteiger partial charge in [0.25, 0.3) is 0 Å². The van der Waals surface area contributed by atoms with Crippen molar-refractivity contribution in [1.29, 1.82) is 0 Å². The molecular formula is C16H33NO. The number of hydrogen-bond donors (Lipinski definition) is 1. The third-order valence-corrected chi connectivity index (χ3v) is 4.10. The molecule has 0 aromatic rings. The molecule has 1 N–H and O–H groups in total. The molecule has 1 saturated carbocycles. The summed E-state index contributed by atoms with van der Waals surface area (Å²) >= 11 is 0. The van der Waals surface area contributed by atoms with E-state index in [1.165, 1.54) is 25.7 Å². The van der Waals surface area contributed by atoms with Gasteiger partial charge in [0.2, 0.25) is 0 Å². The van der Waals surface area contributed by atoms with E-state index in [0.717, 1.165) is 44.6 Å². The third-order valence-electron chi connectivity index (χ3n) is 4.10. The van der Waals surface area contributed by atoms with Gasteiger partial charge in [-0.25, -0.2) is 0 Å². The minimum absolute atomic E-state index is 0.441. The largest absolute Gasteiger partial charge is 0.381 e. The van der Waals surface area contributed by atoms with Crippen LogP contribution in [0.5, 0.6) is 0 Å². The molecule has 0 heterocycles. The molecule has 0 saturated heterocycles. The molecule has 1 aliphatic rings. The van der Waals surface area contributed by atoms with Crippen molar-refractivity contribution < 1.29 is 4.74 Å². The van der Waals surface area contributed by atoms with Crippen molar-refractivity contribution in [2.24, 2.45) is 11.3 Å².